The Bertz CT molecular complexity index is 313. The highest BCUT2D eigenvalue weighted by atomic mass is 19.1. The van der Waals surface area contributed by atoms with Crippen molar-refractivity contribution in [2.45, 2.75) is 6.04 Å². The van der Waals surface area contributed by atoms with E-state index in [0.29, 0.717) is 12.1 Å². The number of nitrogens with two attached hydrogens (primary N) is 1. The first-order valence-electron chi connectivity index (χ1n) is 4.36. The highest BCUT2D eigenvalue weighted by Crippen LogP contribution is 2.16. The zero-order valence-electron chi connectivity index (χ0n) is 8.30. The zero-order chi connectivity index (χ0) is 10.7. The fourth-order valence-electron chi connectivity index (χ4n) is 1.29. The number of hydrogen-bond acceptors (Lipinski definition) is 2. The molecule has 2 nitrogen and oxygen atoms in total. The summed E-state index contributed by atoms with van der Waals surface area (Å²) < 4.78 is 25.8. The third-order valence-electron chi connectivity index (χ3n) is 1.92. The van der Waals surface area contributed by atoms with E-state index in [1.165, 1.54) is 12.1 Å². The fourth-order valence-corrected chi connectivity index (χ4v) is 1.29. The Morgan fingerprint density at radius 2 is 2.00 bits per heavy atom. The molecular formula is C10H14F2N2. The number of benzene rings is 1. The van der Waals surface area contributed by atoms with Crippen LogP contribution in [0.15, 0.2) is 18.2 Å². The first-order valence-corrected chi connectivity index (χ1v) is 4.36. The highest BCUT2D eigenvalue weighted by molar-refractivity contribution is 5.22. The van der Waals surface area contributed by atoms with Crippen LogP contribution in [-0.4, -0.2) is 25.5 Å². The lowest BCUT2D eigenvalue weighted by Crippen LogP contribution is -2.26. The molecular weight excluding hydrogens is 186 g/mol. The molecule has 78 valence electrons. The van der Waals surface area contributed by atoms with Crippen LogP contribution >= 0.6 is 0 Å². The van der Waals surface area contributed by atoms with Gasteiger partial charge in [-0.05, 0) is 20.2 Å². The molecule has 0 aliphatic rings. The molecule has 1 rings (SSSR count). The van der Waals surface area contributed by atoms with Crippen molar-refractivity contribution in [2.75, 3.05) is 20.6 Å². The number of likely N-dealkylation sites (N-methyl/N-ethyl adjacent to an activating group) is 1. The highest BCUT2D eigenvalue weighted by Gasteiger charge is 2.12. The average Bonchev–Trinajstić information content (AvgIpc) is 2.01. The molecule has 0 saturated heterocycles. The van der Waals surface area contributed by atoms with E-state index in [1.807, 2.05) is 19.0 Å². The third kappa shape index (κ3) is 2.75. The summed E-state index contributed by atoms with van der Waals surface area (Å²) >= 11 is 0. The van der Waals surface area contributed by atoms with E-state index < -0.39 is 17.7 Å². The van der Waals surface area contributed by atoms with Crippen molar-refractivity contribution in [1.29, 1.82) is 0 Å². The first-order chi connectivity index (χ1) is 6.50. The van der Waals surface area contributed by atoms with Crippen molar-refractivity contribution in [3.63, 3.8) is 0 Å². The van der Waals surface area contributed by atoms with Gasteiger partial charge in [0.1, 0.15) is 11.6 Å². The van der Waals surface area contributed by atoms with Gasteiger partial charge in [-0.15, -0.1) is 0 Å². The molecule has 0 aromatic heterocycles. The molecule has 0 fully saturated rings. The molecule has 1 aromatic rings. The van der Waals surface area contributed by atoms with Crippen LogP contribution in [0.25, 0.3) is 0 Å². The van der Waals surface area contributed by atoms with Gasteiger partial charge in [-0.3, -0.25) is 0 Å². The van der Waals surface area contributed by atoms with Crippen molar-refractivity contribution in [1.82, 2.24) is 4.90 Å². The van der Waals surface area contributed by atoms with Gasteiger partial charge in [0, 0.05) is 24.2 Å². The van der Waals surface area contributed by atoms with Crippen molar-refractivity contribution >= 4 is 0 Å². The van der Waals surface area contributed by atoms with E-state index in [9.17, 15) is 8.78 Å². The largest absolute Gasteiger partial charge is 0.323 e. The van der Waals surface area contributed by atoms with Gasteiger partial charge in [-0.25, -0.2) is 8.78 Å². The predicted molar refractivity (Wildman–Crippen MR) is 51.8 cm³/mol. The Morgan fingerprint density at radius 1 is 1.36 bits per heavy atom. The molecule has 1 aromatic carbocycles. The van der Waals surface area contributed by atoms with Crippen LogP contribution in [0.3, 0.4) is 0 Å². The molecule has 4 heteroatoms. The lowest BCUT2D eigenvalue weighted by molar-refractivity contribution is 0.371. The Labute approximate surface area is 82.3 Å². The molecule has 0 radical (unpaired) electrons. The minimum absolute atomic E-state index is 0.347. The summed E-state index contributed by atoms with van der Waals surface area (Å²) in [4.78, 5) is 1.85. The first kappa shape index (κ1) is 11.1. The van der Waals surface area contributed by atoms with E-state index in [-0.39, 0.29) is 0 Å². The molecule has 1 atom stereocenters. The van der Waals surface area contributed by atoms with Crippen LogP contribution in [0.1, 0.15) is 11.6 Å². The molecule has 0 spiro atoms. The van der Waals surface area contributed by atoms with Crippen LogP contribution in [0.5, 0.6) is 0 Å². The summed E-state index contributed by atoms with van der Waals surface area (Å²) in [5.74, 6) is -1.16. The molecule has 2 N–H and O–H groups in total. The smallest absolute Gasteiger partial charge is 0.130 e. The van der Waals surface area contributed by atoms with E-state index in [2.05, 4.69) is 0 Å². The van der Waals surface area contributed by atoms with Crippen molar-refractivity contribution in [3.8, 4) is 0 Å². The van der Waals surface area contributed by atoms with Crippen molar-refractivity contribution in [2.24, 2.45) is 5.73 Å². The number of halogens is 2. The topological polar surface area (TPSA) is 29.3 Å². The van der Waals surface area contributed by atoms with Gasteiger partial charge >= 0.3 is 0 Å². The maximum absolute atomic E-state index is 13.2. The SMILES string of the molecule is CN(C)CC(N)c1ccc(F)cc1F. The second-order valence-electron chi connectivity index (χ2n) is 3.53. The van der Waals surface area contributed by atoms with Gasteiger partial charge < -0.3 is 10.6 Å². The molecule has 0 bridgehead atoms. The molecule has 0 aliphatic heterocycles. The van der Waals surface area contributed by atoms with Crippen molar-refractivity contribution in [3.05, 3.63) is 35.4 Å². The molecule has 1 unspecified atom stereocenters. The zero-order valence-corrected chi connectivity index (χ0v) is 8.30. The molecule has 0 amide bonds. The normalized spacial score (nSPS) is 13.3. The minimum atomic E-state index is -0.584. The monoisotopic (exact) mass is 200 g/mol. The van der Waals surface area contributed by atoms with Crippen LogP contribution in [0.4, 0.5) is 8.78 Å². The van der Waals surface area contributed by atoms with Crippen LogP contribution in [0, 0.1) is 11.6 Å². The fraction of sp³-hybridized carbons (Fsp3) is 0.400. The Morgan fingerprint density at radius 3 is 2.50 bits per heavy atom. The number of hydrogen-bond donors (Lipinski definition) is 1. The summed E-state index contributed by atoms with van der Waals surface area (Å²) in [5.41, 5.74) is 6.09. The second kappa shape index (κ2) is 4.48. The van der Waals surface area contributed by atoms with E-state index in [1.54, 1.807) is 0 Å². The second-order valence-corrected chi connectivity index (χ2v) is 3.53. The summed E-state index contributed by atoms with van der Waals surface area (Å²) in [6.07, 6.45) is 0. The standard InChI is InChI=1S/C10H14F2N2/c1-14(2)6-10(13)8-4-3-7(11)5-9(8)12/h3-5,10H,6,13H2,1-2H3. The van der Waals surface area contributed by atoms with Gasteiger partial charge in [-0.1, -0.05) is 6.07 Å². The molecule has 0 heterocycles. The maximum Gasteiger partial charge on any atom is 0.130 e. The van der Waals surface area contributed by atoms with E-state index in [4.69, 9.17) is 5.73 Å². The summed E-state index contributed by atoms with van der Waals surface area (Å²) in [7, 11) is 3.70. The Balaban J connectivity index is 2.84. The number of rotatable bonds is 3. The van der Waals surface area contributed by atoms with Gasteiger partial charge in [0.25, 0.3) is 0 Å². The average molecular weight is 200 g/mol. The van der Waals surface area contributed by atoms with E-state index in [0.717, 1.165) is 6.07 Å². The van der Waals surface area contributed by atoms with Gasteiger partial charge in [0.2, 0.25) is 0 Å². The molecule has 0 aliphatic carbocycles. The van der Waals surface area contributed by atoms with Gasteiger partial charge in [0.05, 0.1) is 0 Å². The maximum atomic E-state index is 13.2. The lowest BCUT2D eigenvalue weighted by atomic mass is 10.1. The summed E-state index contributed by atoms with van der Waals surface area (Å²) in [5, 5.41) is 0. The Hall–Kier alpha value is -1.00. The number of nitrogens with zero attached hydrogens (tertiary/aromatic N) is 1. The summed E-state index contributed by atoms with van der Waals surface area (Å²) in [6.45, 7) is 0.530. The van der Waals surface area contributed by atoms with Crippen molar-refractivity contribution < 1.29 is 8.78 Å². The predicted octanol–water partition coefficient (Wildman–Crippen LogP) is 1.53. The Kier molecular flexibility index (Phi) is 3.55. The minimum Gasteiger partial charge on any atom is -0.323 e. The van der Waals surface area contributed by atoms with Crippen LogP contribution in [-0.2, 0) is 0 Å². The quantitative estimate of drug-likeness (QED) is 0.801. The molecule has 14 heavy (non-hydrogen) atoms. The van der Waals surface area contributed by atoms with Gasteiger partial charge in [0.15, 0.2) is 0 Å². The lowest BCUT2D eigenvalue weighted by Gasteiger charge is -2.17. The van der Waals surface area contributed by atoms with Crippen LogP contribution in [0.2, 0.25) is 0 Å². The van der Waals surface area contributed by atoms with Gasteiger partial charge in [-0.2, -0.15) is 0 Å². The van der Waals surface area contributed by atoms with Crippen LogP contribution < -0.4 is 5.73 Å². The summed E-state index contributed by atoms with van der Waals surface area (Å²) in [6, 6.07) is 3.03. The van der Waals surface area contributed by atoms with E-state index >= 15 is 0 Å². The third-order valence-corrected chi connectivity index (χ3v) is 1.92. The molecule has 0 saturated carbocycles.